The van der Waals surface area contributed by atoms with Crippen LogP contribution in [0.25, 0.3) is 0 Å². The summed E-state index contributed by atoms with van der Waals surface area (Å²) in [5.74, 6) is -11.6. The van der Waals surface area contributed by atoms with E-state index in [0.717, 1.165) is 5.56 Å². The first-order valence-electron chi connectivity index (χ1n) is 7.12. The maximum atomic E-state index is 13.5. The van der Waals surface area contributed by atoms with Gasteiger partial charge in [-0.25, -0.2) is 22.0 Å². The van der Waals surface area contributed by atoms with Crippen LogP contribution in [0.3, 0.4) is 0 Å². The summed E-state index contributed by atoms with van der Waals surface area (Å²) in [6.07, 6.45) is 0. The second kappa shape index (κ2) is 7.79. The molecule has 0 spiro atoms. The molecule has 2 aromatic carbocycles. The summed E-state index contributed by atoms with van der Waals surface area (Å²) in [5.41, 5.74) is -0.526. The van der Waals surface area contributed by atoms with Crippen LogP contribution in [-0.4, -0.2) is 12.5 Å². The standard InChI is InChI=1S/C16H12ClF5N2O/c1-7(8-2-4-9(17)5-3-8)23-6-10(25)24-16-14(21)12(19)11(18)13(20)15(16)22/h2-5,7,23H,6H2,1H3,(H,24,25)/p+1/t7-/m1/s1. The van der Waals surface area contributed by atoms with E-state index in [2.05, 4.69) is 0 Å². The Kier molecular flexibility index (Phi) is 5.97. The average Bonchev–Trinajstić information content (AvgIpc) is 2.60. The van der Waals surface area contributed by atoms with Gasteiger partial charge in [-0.15, -0.1) is 0 Å². The molecule has 0 fully saturated rings. The van der Waals surface area contributed by atoms with Gasteiger partial charge in [-0.2, -0.15) is 0 Å². The summed E-state index contributed by atoms with van der Waals surface area (Å²) in [5, 5.41) is 3.79. The lowest BCUT2D eigenvalue weighted by Gasteiger charge is -2.12. The zero-order valence-electron chi connectivity index (χ0n) is 12.8. The molecule has 0 aliphatic rings. The van der Waals surface area contributed by atoms with Crippen molar-refractivity contribution in [2.75, 3.05) is 11.9 Å². The van der Waals surface area contributed by atoms with Gasteiger partial charge in [0.25, 0.3) is 5.91 Å². The number of nitrogens with two attached hydrogens (primary N) is 1. The third-order valence-electron chi connectivity index (χ3n) is 3.53. The van der Waals surface area contributed by atoms with Crippen molar-refractivity contribution in [2.45, 2.75) is 13.0 Å². The lowest BCUT2D eigenvalue weighted by molar-refractivity contribution is -0.682. The van der Waals surface area contributed by atoms with Crippen molar-refractivity contribution in [3.8, 4) is 0 Å². The highest BCUT2D eigenvalue weighted by Gasteiger charge is 2.27. The first kappa shape index (κ1) is 19.1. The number of quaternary nitrogens is 1. The van der Waals surface area contributed by atoms with E-state index in [1.165, 1.54) is 5.32 Å². The molecular weight excluding hydrogens is 367 g/mol. The van der Waals surface area contributed by atoms with Crippen LogP contribution in [0, 0.1) is 29.1 Å². The van der Waals surface area contributed by atoms with Crippen LogP contribution in [0.15, 0.2) is 24.3 Å². The number of carbonyl (C=O) groups excluding carboxylic acids is 1. The Morgan fingerprint density at radius 3 is 2.00 bits per heavy atom. The Hall–Kier alpha value is -2.19. The Morgan fingerprint density at radius 1 is 1.00 bits per heavy atom. The largest absolute Gasteiger partial charge is 0.333 e. The zero-order valence-corrected chi connectivity index (χ0v) is 13.6. The summed E-state index contributed by atoms with van der Waals surface area (Å²) in [6.45, 7) is 1.48. The molecule has 2 rings (SSSR count). The van der Waals surface area contributed by atoms with Crippen molar-refractivity contribution < 1.29 is 32.1 Å². The van der Waals surface area contributed by atoms with Gasteiger partial charge >= 0.3 is 0 Å². The molecule has 0 aliphatic carbocycles. The second-order valence-electron chi connectivity index (χ2n) is 5.27. The van der Waals surface area contributed by atoms with Crippen LogP contribution < -0.4 is 10.6 Å². The van der Waals surface area contributed by atoms with Gasteiger partial charge in [0.15, 0.2) is 29.8 Å². The van der Waals surface area contributed by atoms with E-state index in [1.807, 2.05) is 0 Å². The number of hydrogen-bond donors (Lipinski definition) is 2. The van der Waals surface area contributed by atoms with E-state index < -0.39 is 40.7 Å². The molecule has 1 amide bonds. The molecule has 134 valence electrons. The fourth-order valence-corrected chi connectivity index (χ4v) is 2.22. The van der Waals surface area contributed by atoms with Gasteiger partial charge in [0, 0.05) is 10.6 Å². The number of halogens is 6. The molecule has 0 aromatic heterocycles. The Bertz CT molecular complexity index is 769. The third-order valence-corrected chi connectivity index (χ3v) is 3.78. The quantitative estimate of drug-likeness (QED) is 0.467. The van der Waals surface area contributed by atoms with Gasteiger partial charge in [-0.1, -0.05) is 23.7 Å². The molecule has 0 bridgehead atoms. The summed E-state index contributed by atoms with van der Waals surface area (Å²) < 4.78 is 66.1. The molecule has 0 saturated heterocycles. The predicted molar refractivity (Wildman–Crippen MR) is 81.5 cm³/mol. The molecule has 3 nitrogen and oxygen atoms in total. The van der Waals surface area contributed by atoms with Gasteiger partial charge in [0.1, 0.15) is 11.7 Å². The molecule has 9 heteroatoms. The molecule has 0 aliphatic heterocycles. The Balaban J connectivity index is 2.05. The van der Waals surface area contributed by atoms with Crippen molar-refractivity contribution in [3.05, 3.63) is 63.9 Å². The molecule has 2 aromatic rings. The SMILES string of the molecule is C[C@@H]([NH2+]CC(=O)Nc1c(F)c(F)c(F)c(F)c1F)c1ccc(Cl)cc1. The maximum Gasteiger partial charge on any atom is 0.279 e. The van der Waals surface area contributed by atoms with Gasteiger partial charge in [0.2, 0.25) is 5.82 Å². The Labute approximate surface area is 144 Å². The van der Waals surface area contributed by atoms with Crippen molar-refractivity contribution in [1.29, 1.82) is 0 Å². The fourth-order valence-electron chi connectivity index (χ4n) is 2.09. The topological polar surface area (TPSA) is 45.7 Å². The number of amides is 1. The number of anilines is 1. The van der Waals surface area contributed by atoms with Gasteiger partial charge < -0.3 is 10.6 Å². The maximum absolute atomic E-state index is 13.5. The number of rotatable bonds is 5. The smallest absolute Gasteiger partial charge is 0.279 e. The molecule has 0 radical (unpaired) electrons. The minimum atomic E-state index is -2.28. The lowest BCUT2D eigenvalue weighted by Crippen LogP contribution is -2.86. The minimum absolute atomic E-state index is 0.195. The number of nitrogens with one attached hydrogen (secondary N) is 1. The van der Waals surface area contributed by atoms with E-state index >= 15 is 0 Å². The summed E-state index contributed by atoms with van der Waals surface area (Å²) in [7, 11) is 0. The highest BCUT2D eigenvalue weighted by molar-refractivity contribution is 6.30. The zero-order chi connectivity index (χ0) is 18.7. The van der Waals surface area contributed by atoms with Gasteiger partial charge in [-0.05, 0) is 19.1 Å². The van der Waals surface area contributed by atoms with E-state index in [9.17, 15) is 26.7 Å². The number of benzene rings is 2. The van der Waals surface area contributed by atoms with Crippen LogP contribution in [0.2, 0.25) is 5.02 Å². The fraction of sp³-hybridized carbons (Fsp3) is 0.188. The first-order valence-corrected chi connectivity index (χ1v) is 7.50. The van der Waals surface area contributed by atoms with Crippen LogP contribution in [0.4, 0.5) is 27.6 Å². The van der Waals surface area contributed by atoms with Crippen molar-refractivity contribution in [2.24, 2.45) is 0 Å². The normalized spacial score (nSPS) is 12.1. The van der Waals surface area contributed by atoms with Crippen molar-refractivity contribution in [1.82, 2.24) is 0 Å². The molecule has 0 saturated carbocycles. The van der Waals surface area contributed by atoms with Crippen LogP contribution >= 0.6 is 11.6 Å². The van der Waals surface area contributed by atoms with E-state index in [1.54, 1.807) is 36.5 Å². The van der Waals surface area contributed by atoms with E-state index in [-0.39, 0.29) is 12.6 Å². The average molecular weight is 380 g/mol. The molecule has 0 heterocycles. The van der Waals surface area contributed by atoms with Gasteiger partial charge in [-0.3, -0.25) is 4.79 Å². The van der Waals surface area contributed by atoms with E-state index in [0.29, 0.717) is 5.02 Å². The second-order valence-corrected chi connectivity index (χ2v) is 5.71. The molecule has 1 atom stereocenters. The molecule has 0 unspecified atom stereocenters. The summed E-state index contributed by atoms with van der Waals surface area (Å²) >= 11 is 5.77. The molecule has 25 heavy (non-hydrogen) atoms. The summed E-state index contributed by atoms with van der Waals surface area (Å²) in [6, 6.07) is 6.61. The number of carbonyl (C=O) groups is 1. The highest BCUT2D eigenvalue weighted by atomic mass is 35.5. The Morgan fingerprint density at radius 2 is 1.48 bits per heavy atom. The predicted octanol–water partition coefficient (Wildman–Crippen LogP) is 3.30. The van der Waals surface area contributed by atoms with Crippen molar-refractivity contribution in [3.63, 3.8) is 0 Å². The van der Waals surface area contributed by atoms with Gasteiger partial charge in [0.05, 0.1) is 0 Å². The van der Waals surface area contributed by atoms with E-state index in [4.69, 9.17) is 11.6 Å². The van der Waals surface area contributed by atoms with Crippen LogP contribution in [0.1, 0.15) is 18.5 Å². The van der Waals surface area contributed by atoms with Crippen LogP contribution in [0.5, 0.6) is 0 Å². The van der Waals surface area contributed by atoms with Crippen molar-refractivity contribution >= 4 is 23.2 Å². The molecule has 3 N–H and O–H groups in total. The highest BCUT2D eigenvalue weighted by Crippen LogP contribution is 2.26. The minimum Gasteiger partial charge on any atom is -0.333 e. The summed E-state index contributed by atoms with van der Waals surface area (Å²) in [4.78, 5) is 11.8. The number of hydrogen-bond acceptors (Lipinski definition) is 1. The molecular formula is C16H13ClF5N2O+. The monoisotopic (exact) mass is 379 g/mol. The lowest BCUT2D eigenvalue weighted by atomic mass is 10.1. The van der Waals surface area contributed by atoms with Crippen LogP contribution in [-0.2, 0) is 4.79 Å². The third kappa shape index (κ3) is 4.26. The first-order chi connectivity index (χ1) is 11.7.